The highest BCUT2D eigenvalue weighted by molar-refractivity contribution is 7.15. The molecule has 0 aromatic carbocycles. The standard InChI is InChI=1S/C12H17N3O2S/c1-13-9-6-17-5-7(9)11(16)15-12-14-8-3-2-4-10(8)18-12/h7,9,13H,2-6H2,1H3,(H,14,15,16). The van der Waals surface area contributed by atoms with Crippen LogP contribution in [0.4, 0.5) is 5.13 Å². The molecule has 0 radical (unpaired) electrons. The molecule has 98 valence electrons. The zero-order valence-corrected chi connectivity index (χ0v) is 11.2. The van der Waals surface area contributed by atoms with Crippen molar-refractivity contribution in [3.63, 3.8) is 0 Å². The SMILES string of the molecule is CNC1COCC1C(=O)Nc1nc2c(s1)CCC2. The number of fused-ring (bicyclic) bond motifs is 1. The summed E-state index contributed by atoms with van der Waals surface area (Å²) in [5.74, 6) is -0.104. The molecule has 1 aromatic rings. The summed E-state index contributed by atoms with van der Waals surface area (Å²) < 4.78 is 5.34. The van der Waals surface area contributed by atoms with Crippen LogP contribution in [0.2, 0.25) is 0 Å². The topological polar surface area (TPSA) is 63.2 Å². The molecular weight excluding hydrogens is 250 g/mol. The van der Waals surface area contributed by atoms with Crippen LogP contribution < -0.4 is 10.6 Å². The summed E-state index contributed by atoms with van der Waals surface area (Å²) in [6.45, 7) is 1.09. The van der Waals surface area contributed by atoms with Crippen LogP contribution in [0.1, 0.15) is 17.0 Å². The lowest BCUT2D eigenvalue weighted by Gasteiger charge is -2.15. The maximum atomic E-state index is 12.1. The van der Waals surface area contributed by atoms with Gasteiger partial charge >= 0.3 is 0 Å². The first-order valence-corrected chi connectivity index (χ1v) is 7.14. The van der Waals surface area contributed by atoms with Crippen molar-refractivity contribution in [2.24, 2.45) is 5.92 Å². The van der Waals surface area contributed by atoms with Gasteiger partial charge in [-0.2, -0.15) is 0 Å². The predicted octanol–water partition coefficient (Wildman–Crippen LogP) is 0.805. The Morgan fingerprint density at radius 2 is 2.33 bits per heavy atom. The van der Waals surface area contributed by atoms with Gasteiger partial charge in [-0.3, -0.25) is 4.79 Å². The number of hydrogen-bond acceptors (Lipinski definition) is 5. The van der Waals surface area contributed by atoms with E-state index < -0.39 is 0 Å². The van der Waals surface area contributed by atoms with Gasteiger partial charge in [0.25, 0.3) is 0 Å². The third-order valence-electron chi connectivity index (χ3n) is 3.61. The van der Waals surface area contributed by atoms with Crippen molar-refractivity contribution in [2.45, 2.75) is 25.3 Å². The van der Waals surface area contributed by atoms with Gasteiger partial charge in [-0.1, -0.05) is 0 Å². The van der Waals surface area contributed by atoms with Gasteiger partial charge in [0.15, 0.2) is 5.13 Å². The first-order valence-electron chi connectivity index (χ1n) is 6.32. The molecule has 0 saturated carbocycles. The third-order valence-corrected chi connectivity index (χ3v) is 4.69. The monoisotopic (exact) mass is 267 g/mol. The molecule has 2 atom stereocenters. The Morgan fingerprint density at radius 3 is 3.11 bits per heavy atom. The Labute approximate surface area is 110 Å². The van der Waals surface area contributed by atoms with Crippen LogP contribution in [-0.2, 0) is 22.4 Å². The van der Waals surface area contributed by atoms with Gasteiger partial charge in [-0.25, -0.2) is 4.98 Å². The number of aromatic nitrogens is 1. The minimum Gasteiger partial charge on any atom is -0.379 e. The lowest BCUT2D eigenvalue weighted by Crippen LogP contribution is -2.39. The van der Waals surface area contributed by atoms with Gasteiger partial charge < -0.3 is 15.4 Å². The lowest BCUT2D eigenvalue weighted by atomic mass is 10.0. The number of carbonyl (C=O) groups is 1. The summed E-state index contributed by atoms with van der Waals surface area (Å²) in [6.07, 6.45) is 3.35. The second kappa shape index (κ2) is 4.95. The average Bonchev–Trinajstić information content (AvgIpc) is 3.02. The van der Waals surface area contributed by atoms with Crippen molar-refractivity contribution in [3.8, 4) is 0 Å². The normalized spacial score (nSPS) is 26.3. The van der Waals surface area contributed by atoms with Gasteiger partial charge in [-0.05, 0) is 26.3 Å². The molecule has 1 amide bonds. The van der Waals surface area contributed by atoms with Crippen LogP contribution in [0.25, 0.3) is 0 Å². The Balaban J connectivity index is 1.66. The molecule has 5 nitrogen and oxygen atoms in total. The zero-order valence-electron chi connectivity index (χ0n) is 10.4. The van der Waals surface area contributed by atoms with E-state index >= 15 is 0 Å². The molecule has 1 fully saturated rings. The van der Waals surface area contributed by atoms with E-state index in [1.807, 2.05) is 7.05 Å². The first-order chi connectivity index (χ1) is 8.78. The van der Waals surface area contributed by atoms with E-state index in [9.17, 15) is 4.79 Å². The highest BCUT2D eigenvalue weighted by Gasteiger charge is 2.33. The molecule has 2 aliphatic rings. The summed E-state index contributed by atoms with van der Waals surface area (Å²) in [6, 6.07) is 0.108. The molecular formula is C12H17N3O2S. The minimum atomic E-state index is -0.117. The Kier molecular flexibility index (Phi) is 3.32. The second-order valence-electron chi connectivity index (χ2n) is 4.77. The number of nitrogens with one attached hydrogen (secondary N) is 2. The van der Waals surface area contributed by atoms with Crippen LogP contribution in [0.15, 0.2) is 0 Å². The number of amides is 1. The molecule has 2 heterocycles. The number of rotatable bonds is 3. The maximum Gasteiger partial charge on any atom is 0.233 e. The smallest absolute Gasteiger partial charge is 0.233 e. The van der Waals surface area contributed by atoms with Crippen molar-refractivity contribution in [1.82, 2.24) is 10.3 Å². The number of carbonyl (C=O) groups excluding carboxylic acids is 1. The summed E-state index contributed by atoms with van der Waals surface area (Å²) in [5.41, 5.74) is 1.17. The van der Waals surface area contributed by atoms with E-state index in [0.29, 0.717) is 13.2 Å². The summed E-state index contributed by atoms with van der Waals surface area (Å²) in [4.78, 5) is 18.0. The molecule has 1 aromatic heterocycles. The number of hydrogen-bond donors (Lipinski definition) is 2. The van der Waals surface area contributed by atoms with Crippen molar-refractivity contribution in [1.29, 1.82) is 0 Å². The highest BCUT2D eigenvalue weighted by Crippen LogP contribution is 2.30. The van der Waals surface area contributed by atoms with E-state index in [0.717, 1.165) is 18.0 Å². The number of aryl methyl sites for hydroxylation is 2. The quantitative estimate of drug-likeness (QED) is 0.850. The fraction of sp³-hybridized carbons (Fsp3) is 0.667. The van der Waals surface area contributed by atoms with E-state index in [1.54, 1.807) is 11.3 Å². The first kappa shape index (κ1) is 12.1. The average molecular weight is 267 g/mol. The van der Waals surface area contributed by atoms with Crippen molar-refractivity contribution >= 4 is 22.4 Å². The van der Waals surface area contributed by atoms with Gasteiger partial charge in [0.1, 0.15) is 0 Å². The van der Waals surface area contributed by atoms with Crippen molar-refractivity contribution in [2.75, 3.05) is 25.6 Å². The fourth-order valence-electron chi connectivity index (χ4n) is 2.54. The van der Waals surface area contributed by atoms with Gasteiger partial charge in [-0.15, -0.1) is 11.3 Å². The molecule has 2 N–H and O–H groups in total. The largest absolute Gasteiger partial charge is 0.379 e. The summed E-state index contributed by atoms with van der Waals surface area (Å²) in [7, 11) is 1.86. The molecule has 3 rings (SSSR count). The number of anilines is 1. The van der Waals surface area contributed by atoms with E-state index in [4.69, 9.17) is 4.74 Å². The number of nitrogens with zero attached hydrogens (tertiary/aromatic N) is 1. The van der Waals surface area contributed by atoms with Crippen LogP contribution in [0.3, 0.4) is 0 Å². The van der Waals surface area contributed by atoms with E-state index in [-0.39, 0.29) is 17.9 Å². The van der Waals surface area contributed by atoms with Gasteiger partial charge in [0, 0.05) is 10.9 Å². The number of thiazole rings is 1. The summed E-state index contributed by atoms with van der Waals surface area (Å²) in [5, 5.41) is 6.78. The Hall–Kier alpha value is -0.980. The van der Waals surface area contributed by atoms with E-state index in [1.165, 1.54) is 17.0 Å². The summed E-state index contributed by atoms with van der Waals surface area (Å²) >= 11 is 1.61. The van der Waals surface area contributed by atoms with Crippen molar-refractivity contribution in [3.05, 3.63) is 10.6 Å². The van der Waals surface area contributed by atoms with E-state index in [2.05, 4.69) is 15.6 Å². The molecule has 0 bridgehead atoms. The van der Waals surface area contributed by atoms with Crippen LogP contribution >= 0.6 is 11.3 Å². The second-order valence-corrected chi connectivity index (χ2v) is 5.85. The molecule has 1 aliphatic carbocycles. The molecule has 18 heavy (non-hydrogen) atoms. The third kappa shape index (κ3) is 2.15. The van der Waals surface area contributed by atoms with Crippen molar-refractivity contribution < 1.29 is 9.53 Å². The minimum absolute atomic E-state index is 0.0132. The number of likely N-dealkylation sites (N-methyl/N-ethyl adjacent to an activating group) is 1. The molecule has 2 unspecified atom stereocenters. The highest BCUT2D eigenvalue weighted by atomic mass is 32.1. The Bertz CT molecular complexity index is 439. The molecule has 0 spiro atoms. The van der Waals surface area contributed by atoms with Crippen LogP contribution in [0.5, 0.6) is 0 Å². The Morgan fingerprint density at radius 1 is 1.44 bits per heavy atom. The van der Waals surface area contributed by atoms with Crippen LogP contribution in [-0.4, -0.2) is 37.2 Å². The fourth-order valence-corrected chi connectivity index (χ4v) is 3.59. The van der Waals surface area contributed by atoms with Gasteiger partial charge in [0.2, 0.25) is 5.91 Å². The predicted molar refractivity (Wildman–Crippen MR) is 69.9 cm³/mol. The zero-order chi connectivity index (χ0) is 12.5. The molecule has 1 saturated heterocycles. The van der Waals surface area contributed by atoms with Crippen LogP contribution in [0, 0.1) is 5.92 Å². The van der Waals surface area contributed by atoms with Gasteiger partial charge in [0.05, 0.1) is 24.8 Å². The maximum absolute atomic E-state index is 12.1. The lowest BCUT2D eigenvalue weighted by molar-refractivity contribution is -0.120. The molecule has 6 heteroatoms. The molecule has 1 aliphatic heterocycles. The number of ether oxygens (including phenoxy) is 1.